The number of hydrogen-bond donors (Lipinski definition) is 1. The number of piperidine rings is 1. The van der Waals surface area contributed by atoms with Crippen molar-refractivity contribution in [2.24, 2.45) is 5.16 Å². The summed E-state index contributed by atoms with van der Waals surface area (Å²) in [5.41, 5.74) is 0.924. The minimum atomic E-state index is -0.355. The molecule has 1 atom stereocenters. The molecule has 1 N–H and O–H groups in total. The van der Waals surface area contributed by atoms with Crippen LogP contribution in [0.4, 0.5) is 0 Å². The summed E-state index contributed by atoms with van der Waals surface area (Å²) < 4.78 is 0. The lowest BCUT2D eigenvalue weighted by Crippen LogP contribution is -2.51. The lowest BCUT2D eigenvalue weighted by Gasteiger charge is -2.45. The fraction of sp³-hybridized carbons (Fsp3) is 0.467. The fourth-order valence-electron chi connectivity index (χ4n) is 2.76. The summed E-state index contributed by atoms with van der Waals surface area (Å²) >= 11 is 12.2. The van der Waals surface area contributed by atoms with E-state index < -0.39 is 0 Å². The van der Waals surface area contributed by atoms with Crippen LogP contribution in [0.1, 0.15) is 45.2 Å². The van der Waals surface area contributed by atoms with Crippen molar-refractivity contribution in [1.82, 2.24) is 4.90 Å². The van der Waals surface area contributed by atoms with E-state index in [1.807, 2.05) is 26.8 Å². The summed E-state index contributed by atoms with van der Waals surface area (Å²) in [5, 5.41) is 13.3. The van der Waals surface area contributed by atoms with Gasteiger partial charge >= 0.3 is 0 Å². The second kappa shape index (κ2) is 5.85. The Morgan fingerprint density at radius 1 is 1.33 bits per heavy atom. The van der Waals surface area contributed by atoms with Crippen molar-refractivity contribution >= 4 is 34.8 Å². The maximum atomic E-state index is 12.4. The third-order valence-corrected chi connectivity index (χ3v) is 4.11. The first kappa shape index (κ1) is 16.1. The molecule has 21 heavy (non-hydrogen) atoms. The zero-order valence-corrected chi connectivity index (χ0v) is 13.7. The first-order chi connectivity index (χ1) is 9.74. The summed E-state index contributed by atoms with van der Waals surface area (Å²) in [7, 11) is 0. The number of hydrogen-bond acceptors (Lipinski definition) is 3. The average Bonchev–Trinajstić information content (AvgIpc) is 2.36. The number of oxime groups is 1. The Bertz CT molecular complexity index is 594. The molecule has 4 nitrogen and oxygen atoms in total. The van der Waals surface area contributed by atoms with Crippen LogP contribution in [0.2, 0.25) is 10.0 Å². The number of likely N-dealkylation sites (tertiary alicyclic amines) is 1. The van der Waals surface area contributed by atoms with E-state index in [4.69, 9.17) is 28.4 Å². The molecule has 0 bridgehead atoms. The molecule has 0 radical (unpaired) electrons. The van der Waals surface area contributed by atoms with Gasteiger partial charge in [-0.1, -0.05) is 34.4 Å². The first-order valence-corrected chi connectivity index (χ1v) is 7.46. The molecule has 0 spiro atoms. The summed E-state index contributed by atoms with van der Waals surface area (Å²) in [6, 6.07) is 4.97. The number of nitrogens with zero attached hydrogens (tertiary/aromatic N) is 2. The highest BCUT2D eigenvalue weighted by molar-refractivity contribution is 6.35. The summed E-state index contributed by atoms with van der Waals surface area (Å²) in [6.45, 7) is 5.93. The topological polar surface area (TPSA) is 52.9 Å². The highest BCUT2D eigenvalue weighted by Crippen LogP contribution is 2.39. The molecule has 1 heterocycles. The van der Waals surface area contributed by atoms with Gasteiger partial charge in [0.25, 0.3) is 0 Å². The molecule has 1 fully saturated rings. The molecule has 6 heteroatoms. The zero-order valence-electron chi connectivity index (χ0n) is 12.2. The Labute approximate surface area is 134 Å². The molecule has 0 saturated carbocycles. The first-order valence-electron chi connectivity index (χ1n) is 6.71. The van der Waals surface area contributed by atoms with Crippen molar-refractivity contribution in [3.8, 4) is 0 Å². The third-order valence-electron chi connectivity index (χ3n) is 3.55. The summed E-state index contributed by atoms with van der Waals surface area (Å²) in [6.07, 6.45) is 0.594. The largest absolute Gasteiger partial charge is 0.411 e. The van der Waals surface area contributed by atoms with E-state index in [1.165, 1.54) is 0 Å². The molecule has 1 aliphatic heterocycles. The Morgan fingerprint density at radius 3 is 2.52 bits per heavy atom. The van der Waals surface area contributed by atoms with E-state index in [-0.39, 0.29) is 23.9 Å². The number of carbonyl (C=O) groups is 1. The van der Waals surface area contributed by atoms with Gasteiger partial charge < -0.3 is 10.1 Å². The summed E-state index contributed by atoms with van der Waals surface area (Å²) in [4.78, 5) is 14.2. The van der Waals surface area contributed by atoms with Crippen LogP contribution in [0.25, 0.3) is 0 Å². The number of carbonyl (C=O) groups excluding carboxylic acids is 1. The van der Waals surface area contributed by atoms with Gasteiger partial charge in [0, 0.05) is 22.0 Å². The minimum absolute atomic E-state index is 0.0717. The van der Waals surface area contributed by atoms with E-state index >= 15 is 0 Å². The van der Waals surface area contributed by atoms with Crippen molar-refractivity contribution in [2.75, 3.05) is 0 Å². The molecule has 1 amide bonds. The van der Waals surface area contributed by atoms with Gasteiger partial charge in [-0.05, 0) is 38.5 Å². The van der Waals surface area contributed by atoms with E-state index in [9.17, 15) is 4.79 Å². The SMILES string of the molecule is CC(C)(C)N1C(=O)CC(=NO)CC1c1ccc(Cl)cc1Cl. The van der Waals surface area contributed by atoms with E-state index in [1.54, 1.807) is 17.0 Å². The van der Waals surface area contributed by atoms with Crippen molar-refractivity contribution in [1.29, 1.82) is 0 Å². The number of rotatable bonds is 1. The molecule has 114 valence electrons. The van der Waals surface area contributed by atoms with Crippen LogP contribution in [0, 0.1) is 0 Å². The molecular weight excluding hydrogens is 311 g/mol. The number of benzene rings is 1. The molecule has 1 saturated heterocycles. The molecule has 1 unspecified atom stereocenters. The summed E-state index contributed by atoms with van der Waals surface area (Å²) in [5.74, 6) is -0.0717. The smallest absolute Gasteiger partial charge is 0.229 e. The number of amides is 1. The van der Waals surface area contributed by atoms with Gasteiger partial charge in [0.15, 0.2) is 0 Å². The van der Waals surface area contributed by atoms with Crippen LogP contribution in [0.15, 0.2) is 23.4 Å². The van der Waals surface area contributed by atoms with Crippen LogP contribution >= 0.6 is 23.2 Å². The van der Waals surface area contributed by atoms with Crippen molar-refractivity contribution in [2.45, 2.75) is 45.2 Å². The molecule has 1 aromatic carbocycles. The van der Waals surface area contributed by atoms with Crippen molar-refractivity contribution in [3.63, 3.8) is 0 Å². The predicted octanol–water partition coefficient (Wildman–Crippen LogP) is 4.29. The van der Waals surface area contributed by atoms with E-state index in [0.717, 1.165) is 5.56 Å². The Balaban J connectivity index is 2.51. The van der Waals surface area contributed by atoms with Crippen LogP contribution in [0.3, 0.4) is 0 Å². The Hall–Kier alpha value is -1.26. The van der Waals surface area contributed by atoms with Gasteiger partial charge in [-0.25, -0.2) is 0 Å². The van der Waals surface area contributed by atoms with Crippen LogP contribution in [0.5, 0.6) is 0 Å². The zero-order chi connectivity index (χ0) is 15.8. The molecule has 1 aliphatic rings. The van der Waals surface area contributed by atoms with Crippen LogP contribution in [-0.2, 0) is 4.79 Å². The highest BCUT2D eigenvalue weighted by Gasteiger charge is 2.39. The lowest BCUT2D eigenvalue weighted by molar-refractivity contribution is -0.139. The monoisotopic (exact) mass is 328 g/mol. The Kier molecular flexibility index (Phi) is 4.49. The normalized spacial score (nSPS) is 22.0. The van der Waals surface area contributed by atoms with Gasteiger partial charge in [-0.3, -0.25) is 4.79 Å². The molecule has 2 rings (SSSR count). The fourth-order valence-corrected chi connectivity index (χ4v) is 3.29. The van der Waals surface area contributed by atoms with Crippen LogP contribution < -0.4 is 0 Å². The average molecular weight is 329 g/mol. The lowest BCUT2D eigenvalue weighted by atomic mass is 9.88. The standard InChI is InChI=1S/C15H18Cl2N2O2/c1-15(2,3)19-13(7-10(18-21)8-14(19)20)11-5-4-9(16)6-12(11)17/h4-6,13,21H,7-8H2,1-3H3. The minimum Gasteiger partial charge on any atom is -0.411 e. The molecular formula is C15H18Cl2N2O2. The second-order valence-corrected chi connectivity index (χ2v) is 7.01. The van der Waals surface area contributed by atoms with E-state index in [0.29, 0.717) is 22.2 Å². The van der Waals surface area contributed by atoms with Gasteiger partial charge in [0.1, 0.15) is 0 Å². The Morgan fingerprint density at radius 2 is 2.00 bits per heavy atom. The van der Waals surface area contributed by atoms with E-state index in [2.05, 4.69) is 5.16 Å². The van der Waals surface area contributed by atoms with Gasteiger partial charge in [0.2, 0.25) is 5.91 Å². The molecule has 0 aromatic heterocycles. The predicted molar refractivity (Wildman–Crippen MR) is 84.3 cm³/mol. The maximum Gasteiger partial charge on any atom is 0.229 e. The third kappa shape index (κ3) is 3.33. The van der Waals surface area contributed by atoms with Crippen LogP contribution in [-0.4, -0.2) is 27.3 Å². The van der Waals surface area contributed by atoms with Crippen molar-refractivity contribution < 1.29 is 10.0 Å². The van der Waals surface area contributed by atoms with Gasteiger partial charge in [-0.2, -0.15) is 0 Å². The number of halogens is 2. The quantitative estimate of drug-likeness (QED) is 0.617. The molecule has 0 aliphatic carbocycles. The second-order valence-electron chi connectivity index (χ2n) is 6.16. The maximum absolute atomic E-state index is 12.4. The van der Waals surface area contributed by atoms with Crippen molar-refractivity contribution in [3.05, 3.63) is 33.8 Å². The van der Waals surface area contributed by atoms with Gasteiger partial charge in [-0.15, -0.1) is 0 Å². The van der Waals surface area contributed by atoms with Gasteiger partial charge in [0.05, 0.1) is 18.2 Å². The molecule has 1 aromatic rings. The highest BCUT2D eigenvalue weighted by atomic mass is 35.5.